The predicted octanol–water partition coefficient (Wildman–Crippen LogP) is 3.18. The van der Waals surface area contributed by atoms with Crippen LogP contribution in [0.3, 0.4) is 0 Å². The number of carboxylic acids is 1. The first-order valence-corrected chi connectivity index (χ1v) is 20.5. The van der Waals surface area contributed by atoms with Gasteiger partial charge in [-0.25, -0.2) is 24.0 Å². The van der Waals surface area contributed by atoms with E-state index in [2.05, 4.69) is 5.32 Å². The van der Waals surface area contributed by atoms with Crippen molar-refractivity contribution in [2.45, 2.75) is 148 Å². The van der Waals surface area contributed by atoms with Crippen LogP contribution >= 0.6 is 0 Å². The fourth-order valence-corrected chi connectivity index (χ4v) is 9.79. The van der Waals surface area contributed by atoms with Crippen LogP contribution in [-0.2, 0) is 52.3 Å². The van der Waals surface area contributed by atoms with E-state index in [1.807, 2.05) is 0 Å². The van der Waals surface area contributed by atoms with E-state index in [0.29, 0.717) is 0 Å². The van der Waals surface area contributed by atoms with Crippen LogP contribution in [0.4, 0.5) is 9.59 Å². The molecule has 3 fully saturated rings. The van der Waals surface area contributed by atoms with E-state index >= 15 is 4.79 Å². The maximum Gasteiger partial charge on any atom is 0.508 e. The number of fused-ring (bicyclic) bond motifs is 5. The largest absolute Gasteiger partial charge is 0.508 e. The van der Waals surface area contributed by atoms with E-state index in [4.69, 9.17) is 33.2 Å². The van der Waals surface area contributed by atoms with Crippen molar-refractivity contribution in [2.75, 3.05) is 13.7 Å². The van der Waals surface area contributed by atoms with Gasteiger partial charge in [-0.2, -0.15) is 0 Å². The van der Waals surface area contributed by atoms with Crippen molar-refractivity contribution in [1.29, 1.82) is 0 Å². The average molecular weight is 890 g/mol. The lowest BCUT2D eigenvalue weighted by molar-refractivity contribution is -0.345. The number of hydrogen-bond donors (Lipinski definition) is 5. The molecule has 2 bridgehead atoms. The minimum Gasteiger partial charge on any atom is -0.478 e. The Morgan fingerprint density at radius 1 is 0.952 bits per heavy atom. The predicted molar refractivity (Wildman–Crippen MR) is 216 cm³/mol. The van der Waals surface area contributed by atoms with Crippen molar-refractivity contribution in [2.24, 2.45) is 22.2 Å². The molecule has 4 aliphatic rings. The Hall–Kier alpha value is -5.11. The molecule has 1 amide bonds. The molecule has 5 rings (SSSR count). The van der Waals surface area contributed by atoms with Crippen LogP contribution in [-0.4, -0.2) is 135 Å². The van der Waals surface area contributed by atoms with Crippen LogP contribution in [0.1, 0.15) is 99.4 Å². The van der Waals surface area contributed by atoms with Crippen molar-refractivity contribution in [3.63, 3.8) is 0 Å². The smallest absolute Gasteiger partial charge is 0.478 e. The number of esters is 3. The van der Waals surface area contributed by atoms with E-state index in [0.717, 1.165) is 27.9 Å². The molecule has 1 saturated heterocycles. The lowest BCUT2D eigenvalue weighted by Gasteiger charge is -2.67. The molecule has 1 heterocycles. The number of alkyl carbamates (subject to hydrolysis) is 1. The molecule has 5 N–H and O–H groups in total. The summed E-state index contributed by atoms with van der Waals surface area (Å²) < 4.78 is 40.1. The number of carbonyl (C=O) groups is 7. The third-order valence-electron chi connectivity index (χ3n) is 13.6. The van der Waals surface area contributed by atoms with Crippen molar-refractivity contribution in [3.8, 4) is 0 Å². The number of aliphatic carboxylic acids is 1. The van der Waals surface area contributed by atoms with Gasteiger partial charge in [-0.15, -0.1) is 0 Å². The molecule has 0 aromatic heterocycles. The summed E-state index contributed by atoms with van der Waals surface area (Å²) in [6.45, 7) is 14.7. The molecule has 1 aromatic carbocycles. The zero-order chi connectivity index (χ0) is 47.6. The number of benzene rings is 1. The van der Waals surface area contributed by atoms with Gasteiger partial charge in [0, 0.05) is 25.2 Å². The highest BCUT2D eigenvalue weighted by molar-refractivity contribution is 5.95. The average Bonchev–Trinajstić information content (AvgIpc) is 3.17. The molecule has 19 nitrogen and oxygen atoms in total. The molecule has 348 valence electrons. The Morgan fingerprint density at radius 3 is 2.06 bits per heavy atom. The molecule has 63 heavy (non-hydrogen) atoms. The summed E-state index contributed by atoms with van der Waals surface area (Å²) in [6.07, 6.45) is -12.3. The fourth-order valence-electron chi connectivity index (χ4n) is 9.79. The number of ether oxygens (including phenoxy) is 7. The number of aliphatic hydroxyl groups is 3. The normalized spacial score (nSPS) is 33.3. The number of amides is 1. The summed E-state index contributed by atoms with van der Waals surface area (Å²) in [7, 11) is 1.04. The molecule has 19 heteroatoms. The van der Waals surface area contributed by atoms with Crippen LogP contribution in [0.15, 0.2) is 41.5 Å². The number of ketones is 1. The molecule has 1 aliphatic heterocycles. The van der Waals surface area contributed by atoms with Gasteiger partial charge in [0.25, 0.3) is 0 Å². The summed E-state index contributed by atoms with van der Waals surface area (Å²) >= 11 is 0. The maximum atomic E-state index is 15.6. The lowest BCUT2D eigenvalue weighted by Crippen LogP contribution is -2.82. The van der Waals surface area contributed by atoms with Gasteiger partial charge in [0.2, 0.25) is 5.60 Å². The number of rotatable bonds is 10. The molecule has 2 saturated carbocycles. The highest BCUT2D eigenvalue weighted by Crippen LogP contribution is 2.65. The number of nitrogens with one attached hydrogen (secondary N) is 1. The van der Waals surface area contributed by atoms with Crippen molar-refractivity contribution in [3.05, 3.63) is 47.0 Å². The van der Waals surface area contributed by atoms with Crippen LogP contribution in [0.25, 0.3) is 0 Å². The minimum atomic E-state index is -2.52. The van der Waals surface area contributed by atoms with Crippen LogP contribution in [0.5, 0.6) is 0 Å². The molecule has 1 aromatic rings. The van der Waals surface area contributed by atoms with Gasteiger partial charge in [0.05, 0.1) is 42.8 Å². The minimum absolute atomic E-state index is 0.0125. The summed E-state index contributed by atoms with van der Waals surface area (Å²) in [5, 5.41) is 49.4. The molecule has 11 atom stereocenters. The zero-order valence-corrected chi connectivity index (χ0v) is 37.6. The first-order chi connectivity index (χ1) is 28.9. The van der Waals surface area contributed by atoms with Crippen molar-refractivity contribution in [1.82, 2.24) is 5.32 Å². The van der Waals surface area contributed by atoms with E-state index in [-0.39, 0.29) is 23.1 Å². The lowest BCUT2D eigenvalue weighted by atomic mass is 9.44. The molecular weight excluding hydrogens is 830 g/mol. The first-order valence-electron chi connectivity index (χ1n) is 20.5. The number of methoxy groups -OCH3 is 1. The van der Waals surface area contributed by atoms with Crippen molar-refractivity contribution < 1.29 is 87.1 Å². The topological polar surface area (TPSA) is 277 Å². The summed E-state index contributed by atoms with van der Waals surface area (Å²) in [5.74, 6) is -7.41. The van der Waals surface area contributed by atoms with Crippen LogP contribution in [0, 0.1) is 22.2 Å². The summed E-state index contributed by atoms with van der Waals surface area (Å²) in [5.41, 5.74) is -13.6. The second-order valence-corrected chi connectivity index (χ2v) is 19.4. The zero-order valence-electron chi connectivity index (χ0n) is 37.6. The quantitative estimate of drug-likeness (QED) is 0.128. The van der Waals surface area contributed by atoms with Gasteiger partial charge in [-0.3, -0.25) is 9.59 Å². The first kappa shape index (κ1) is 48.9. The number of aliphatic hydroxyl groups excluding tert-OH is 2. The van der Waals surface area contributed by atoms with Gasteiger partial charge in [0.1, 0.15) is 23.4 Å². The monoisotopic (exact) mass is 889 g/mol. The third-order valence-corrected chi connectivity index (χ3v) is 13.6. The Kier molecular flexibility index (Phi) is 12.8. The molecule has 3 aliphatic carbocycles. The van der Waals surface area contributed by atoms with Gasteiger partial charge in [-0.05, 0) is 63.3 Å². The molecule has 0 radical (unpaired) electrons. The van der Waals surface area contributed by atoms with Crippen LogP contribution in [0.2, 0.25) is 0 Å². The standard InChI is InChI=1S/C44H59NO18/c1-21-26-28(59-22(2)46)31(49)42(11)24(47)18-25-43(20-58-25,63-37(55)57-12)29(42)32(60-33(50)23-16-14-13-15-17-23)44(56,39(26,6)7)19-41(21,10)61-34(51)27(48)30(38(3,4)5)45-36(54)62-40(8,9)35(52)53/h13-17,24-25,27-30,32,47-48,56H,18-20H2,1-12H3,(H,45,54)(H,52,53)/t24?,25-,27-,28-,29?,30-,32+,41+,42-,43+,44-/m1/s1. The van der Waals surface area contributed by atoms with E-state index in [9.17, 15) is 49.2 Å². The Labute approximate surface area is 364 Å². The van der Waals surface area contributed by atoms with Gasteiger partial charge in [-0.1, -0.05) is 52.8 Å². The highest BCUT2D eigenvalue weighted by atomic mass is 16.8. The van der Waals surface area contributed by atoms with Gasteiger partial charge in [0.15, 0.2) is 23.6 Å². The van der Waals surface area contributed by atoms with Gasteiger partial charge >= 0.3 is 36.1 Å². The van der Waals surface area contributed by atoms with E-state index in [1.165, 1.54) is 46.8 Å². The highest BCUT2D eigenvalue weighted by Gasteiger charge is 2.79. The SMILES string of the molecule is COC(=O)O[C@@]12CO[C@@H]1CC(O)[C@@]1(C)C(=O)[C@H](OC(C)=O)C3=C(C)[C@@](C)(OC(=O)[C@H](O)[C@@H](NC(=O)OC(C)(C)C(=O)O)C(C)(C)C)C[C@@](O)([C@@H](OC(=O)c4ccccc4)C12)C3(C)C. The van der Waals surface area contributed by atoms with Gasteiger partial charge < -0.3 is 58.9 Å². The van der Waals surface area contributed by atoms with E-state index in [1.54, 1.807) is 39.0 Å². The maximum absolute atomic E-state index is 15.6. The van der Waals surface area contributed by atoms with Crippen molar-refractivity contribution >= 4 is 41.9 Å². The second-order valence-electron chi connectivity index (χ2n) is 19.4. The second kappa shape index (κ2) is 16.5. The number of carbonyl (C=O) groups excluding carboxylic acids is 6. The van der Waals surface area contributed by atoms with E-state index < -0.39 is 136 Å². The number of hydrogen-bond acceptors (Lipinski definition) is 17. The Balaban J connectivity index is 1.76. The fraction of sp³-hybridized carbons (Fsp3) is 0.659. The van der Waals surface area contributed by atoms with Crippen LogP contribution < -0.4 is 5.32 Å². The summed E-state index contributed by atoms with van der Waals surface area (Å²) in [4.78, 5) is 95.0. The molecule has 2 unspecified atom stereocenters. The Bertz CT molecular complexity index is 2070. The number of carboxylic acid groups (broad SMARTS) is 1. The third kappa shape index (κ3) is 8.16. The Morgan fingerprint density at radius 2 is 1.56 bits per heavy atom. The molecular formula is C44H59NO18. The molecule has 0 spiro atoms. The number of Topliss-reactive ketones (excluding diaryl/α,β-unsaturated/α-hetero) is 1. The summed E-state index contributed by atoms with van der Waals surface area (Å²) in [6, 6.07) is 6.16.